The number of nitrogens with zero attached hydrogens (tertiary/aromatic N) is 2. The Morgan fingerprint density at radius 1 is 1.31 bits per heavy atom. The van der Waals surface area contributed by atoms with Crippen molar-refractivity contribution in [3.63, 3.8) is 0 Å². The fourth-order valence-electron chi connectivity index (χ4n) is 2.26. The zero-order chi connectivity index (χ0) is 18.5. The number of thioether (sulfide) groups is 1. The van der Waals surface area contributed by atoms with Crippen LogP contribution in [-0.2, 0) is 4.79 Å². The van der Waals surface area contributed by atoms with Crippen molar-refractivity contribution in [1.29, 1.82) is 0 Å². The number of aromatic nitrogens is 4. The molecule has 0 radical (unpaired) electrons. The first kappa shape index (κ1) is 18.5. The van der Waals surface area contributed by atoms with Gasteiger partial charge in [-0.25, -0.2) is 4.79 Å². The number of hydrogen-bond acceptors (Lipinski definition) is 7. The van der Waals surface area contributed by atoms with Crippen LogP contribution in [0.4, 0.5) is 10.8 Å². The molecule has 1 amide bonds. The van der Waals surface area contributed by atoms with E-state index in [4.69, 9.17) is 0 Å². The summed E-state index contributed by atoms with van der Waals surface area (Å²) in [7, 11) is 0. The summed E-state index contributed by atoms with van der Waals surface area (Å²) in [5.74, 6) is -0.136. The van der Waals surface area contributed by atoms with Crippen LogP contribution in [-0.4, -0.2) is 37.9 Å². The van der Waals surface area contributed by atoms with Crippen molar-refractivity contribution in [1.82, 2.24) is 20.2 Å². The van der Waals surface area contributed by atoms with Gasteiger partial charge in [-0.05, 0) is 31.5 Å². The van der Waals surface area contributed by atoms with Gasteiger partial charge in [-0.2, -0.15) is 0 Å². The van der Waals surface area contributed by atoms with E-state index in [9.17, 15) is 9.59 Å². The van der Waals surface area contributed by atoms with Crippen molar-refractivity contribution in [3.05, 3.63) is 28.7 Å². The number of anilines is 2. The Hall–Kier alpha value is -2.33. The zero-order valence-electron chi connectivity index (χ0n) is 14.5. The molecule has 0 saturated heterocycles. The summed E-state index contributed by atoms with van der Waals surface area (Å²) < 4.78 is 0.747. The lowest BCUT2D eigenvalue weighted by atomic mass is 10.2. The van der Waals surface area contributed by atoms with Gasteiger partial charge in [-0.1, -0.05) is 36.4 Å². The van der Waals surface area contributed by atoms with E-state index in [2.05, 4.69) is 37.7 Å². The predicted molar refractivity (Wildman–Crippen MR) is 106 cm³/mol. The SMILES string of the molecule is CCCCNc1nnc(S[C@H](C)C(=O)Nc2ccc3[nH]c(=O)[nH]c3c2)s1. The molecule has 0 aliphatic heterocycles. The Bertz CT molecular complexity index is 948. The van der Waals surface area contributed by atoms with Gasteiger partial charge in [0.2, 0.25) is 11.0 Å². The number of nitrogens with one attached hydrogen (secondary N) is 4. The number of carbonyl (C=O) groups is 1. The smallest absolute Gasteiger partial charge is 0.323 e. The number of hydrogen-bond donors (Lipinski definition) is 4. The van der Waals surface area contributed by atoms with Crippen molar-refractivity contribution in [2.45, 2.75) is 36.3 Å². The number of unbranched alkanes of at least 4 members (excludes halogenated alkanes) is 1. The van der Waals surface area contributed by atoms with Crippen LogP contribution < -0.4 is 16.3 Å². The maximum atomic E-state index is 12.4. The highest BCUT2D eigenvalue weighted by Crippen LogP contribution is 2.29. The second kappa shape index (κ2) is 8.37. The minimum Gasteiger partial charge on any atom is -0.360 e. The average molecular weight is 393 g/mol. The summed E-state index contributed by atoms with van der Waals surface area (Å²) in [5, 5.41) is 14.7. The Kier molecular flexibility index (Phi) is 5.94. The quantitative estimate of drug-likeness (QED) is 0.346. The van der Waals surface area contributed by atoms with Crippen LogP contribution in [0.1, 0.15) is 26.7 Å². The van der Waals surface area contributed by atoms with Crippen molar-refractivity contribution >= 4 is 50.9 Å². The Balaban J connectivity index is 1.57. The summed E-state index contributed by atoms with van der Waals surface area (Å²) in [6.07, 6.45) is 2.20. The second-order valence-corrected chi connectivity index (χ2v) is 8.31. The molecule has 10 heteroatoms. The van der Waals surface area contributed by atoms with E-state index in [1.54, 1.807) is 18.2 Å². The molecule has 26 heavy (non-hydrogen) atoms. The van der Waals surface area contributed by atoms with E-state index in [1.807, 2.05) is 6.92 Å². The molecule has 3 rings (SSSR count). The number of fused-ring (bicyclic) bond motifs is 1. The third-order valence-electron chi connectivity index (χ3n) is 3.64. The molecule has 1 aromatic carbocycles. The summed E-state index contributed by atoms with van der Waals surface area (Å²) in [6, 6.07) is 5.23. The van der Waals surface area contributed by atoms with Crippen LogP contribution >= 0.6 is 23.1 Å². The molecule has 2 heterocycles. The van der Waals surface area contributed by atoms with Gasteiger partial charge >= 0.3 is 5.69 Å². The summed E-state index contributed by atoms with van der Waals surface area (Å²) in [5.41, 5.74) is 1.71. The van der Waals surface area contributed by atoms with Crippen LogP contribution in [0.5, 0.6) is 0 Å². The topological polar surface area (TPSA) is 116 Å². The van der Waals surface area contributed by atoms with Crippen molar-refractivity contribution < 1.29 is 4.79 Å². The molecule has 0 unspecified atom stereocenters. The lowest BCUT2D eigenvalue weighted by molar-refractivity contribution is -0.115. The van der Waals surface area contributed by atoms with Gasteiger partial charge in [-0.3, -0.25) is 4.79 Å². The largest absolute Gasteiger partial charge is 0.360 e. The Morgan fingerprint density at radius 3 is 2.92 bits per heavy atom. The van der Waals surface area contributed by atoms with Gasteiger partial charge in [0.25, 0.3) is 0 Å². The van der Waals surface area contributed by atoms with E-state index >= 15 is 0 Å². The maximum Gasteiger partial charge on any atom is 0.323 e. The van der Waals surface area contributed by atoms with Crippen molar-refractivity contribution in [2.24, 2.45) is 0 Å². The Morgan fingerprint density at radius 2 is 2.12 bits per heavy atom. The normalized spacial score (nSPS) is 12.2. The lowest BCUT2D eigenvalue weighted by Crippen LogP contribution is -2.22. The molecule has 2 aromatic heterocycles. The van der Waals surface area contributed by atoms with Gasteiger partial charge in [0.05, 0.1) is 16.3 Å². The molecule has 8 nitrogen and oxygen atoms in total. The van der Waals surface area contributed by atoms with Crippen LogP contribution in [0.3, 0.4) is 0 Å². The highest BCUT2D eigenvalue weighted by molar-refractivity contribution is 8.02. The maximum absolute atomic E-state index is 12.4. The molecule has 0 fully saturated rings. The lowest BCUT2D eigenvalue weighted by Gasteiger charge is -2.10. The molecular weight excluding hydrogens is 372 g/mol. The molecule has 0 spiro atoms. The number of H-pyrrole nitrogens is 2. The minimum atomic E-state index is -0.326. The monoisotopic (exact) mass is 392 g/mol. The van der Waals surface area contributed by atoms with E-state index in [0.29, 0.717) is 16.7 Å². The van der Waals surface area contributed by atoms with Gasteiger partial charge < -0.3 is 20.6 Å². The fraction of sp³-hybridized carbons (Fsp3) is 0.375. The second-order valence-electron chi connectivity index (χ2n) is 5.74. The number of benzene rings is 1. The van der Waals surface area contributed by atoms with Crippen LogP contribution in [0, 0.1) is 0 Å². The molecule has 0 aliphatic rings. The first-order chi connectivity index (χ1) is 12.5. The predicted octanol–water partition coefficient (Wildman–Crippen LogP) is 3.04. The molecular formula is C16H20N6O2S2. The van der Waals surface area contributed by atoms with E-state index in [1.165, 1.54) is 23.1 Å². The van der Waals surface area contributed by atoms with E-state index in [0.717, 1.165) is 28.9 Å². The van der Waals surface area contributed by atoms with E-state index < -0.39 is 0 Å². The van der Waals surface area contributed by atoms with Crippen molar-refractivity contribution in [2.75, 3.05) is 17.2 Å². The number of amides is 1. The van der Waals surface area contributed by atoms with Gasteiger partial charge in [0, 0.05) is 12.2 Å². The summed E-state index contributed by atoms with van der Waals surface area (Å²) >= 11 is 2.81. The number of imidazole rings is 1. The number of rotatable bonds is 8. The minimum absolute atomic E-state index is 0.136. The molecule has 0 saturated carbocycles. The fourth-order valence-corrected chi connectivity index (χ4v) is 4.18. The number of aromatic amines is 2. The first-order valence-electron chi connectivity index (χ1n) is 8.32. The summed E-state index contributed by atoms with van der Waals surface area (Å²) in [4.78, 5) is 29.0. The van der Waals surface area contributed by atoms with Crippen LogP contribution in [0.15, 0.2) is 27.3 Å². The first-order valence-corrected chi connectivity index (χ1v) is 10.0. The zero-order valence-corrected chi connectivity index (χ0v) is 16.1. The molecule has 4 N–H and O–H groups in total. The average Bonchev–Trinajstić information content (AvgIpc) is 3.20. The van der Waals surface area contributed by atoms with E-state index in [-0.39, 0.29) is 16.8 Å². The molecule has 3 aromatic rings. The molecule has 0 aliphatic carbocycles. The molecule has 0 bridgehead atoms. The van der Waals surface area contributed by atoms with Crippen LogP contribution in [0.25, 0.3) is 11.0 Å². The Labute approximate surface area is 158 Å². The highest BCUT2D eigenvalue weighted by atomic mass is 32.2. The molecule has 1 atom stereocenters. The number of carbonyl (C=O) groups excluding carboxylic acids is 1. The van der Waals surface area contributed by atoms with Gasteiger partial charge in [-0.15, -0.1) is 10.2 Å². The van der Waals surface area contributed by atoms with Crippen LogP contribution in [0.2, 0.25) is 0 Å². The van der Waals surface area contributed by atoms with Crippen molar-refractivity contribution in [3.8, 4) is 0 Å². The van der Waals surface area contributed by atoms with Gasteiger partial charge in [0.15, 0.2) is 4.34 Å². The van der Waals surface area contributed by atoms with Gasteiger partial charge in [0.1, 0.15) is 0 Å². The standard InChI is InChI=1S/C16H20N6O2S2/c1-3-4-7-17-15-21-22-16(26-15)25-9(2)13(23)18-10-5-6-11-12(8-10)20-14(24)19-11/h5-6,8-9H,3-4,7H2,1-2H3,(H,17,21)(H,18,23)(H2,19,20,24)/t9-/m1/s1. The third-order valence-corrected chi connectivity index (χ3v) is 5.71. The summed E-state index contributed by atoms with van der Waals surface area (Å²) in [6.45, 7) is 4.83. The third kappa shape index (κ3) is 4.64. The highest BCUT2D eigenvalue weighted by Gasteiger charge is 2.17. The molecule has 138 valence electrons.